The first-order valence-electron chi connectivity index (χ1n) is 8.00. The van der Waals surface area contributed by atoms with Crippen LogP contribution in [-0.2, 0) is 25.5 Å². The lowest BCUT2D eigenvalue weighted by Gasteiger charge is -2.06. The number of thiophene rings is 2. The Morgan fingerprint density at radius 2 is 2.04 bits per heavy atom. The Bertz CT molecular complexity index is 793. The zero-order valence-electron chi connectivity index (χ0n) is 14.4. The average Bonchev–Trinajstić information content (AvgIpc) is 3.28. The minimum Gasteiger partial charge on any atom is -0.462 e. The molecule has 0 aliphatic carbocycles. The number of amides is 1. The van der Waals surface area contributed by atoms with Crippen molar-refractivity contribution in [3.8, 4) is 0 Å². The van der Waals surface area contributed by atoms with Gasteiger partial charge in [0, 0.05) is 11.0 Å². The van der Waals surface area contributed by atoms with Crippen LogP contribution < -0.4 is 5.32 Å². The van der Waals surface area contributed by atoms with Crippen molar-refractivity contribution in [3.05, 3.63) is 45.0 Å². The summed E-state index contributed by atoms with van der Waals surface area (Å²) in [6, 6.07) is 3.56. The summed E-state index contributed by atoms with van der Waals surface area (Å²) in [5.74, 6) is -1.62. The molecule has 0 bridgehead atoms. The Kier molecular flexibility index (Phi) is 7.55. The first-order valence-corrected chi connectivity index (χ1v) is 9.76. The summed E-state index contributed by atoms with van der Waals surface area (Å²) in [5, 5.41) is 6.79. The van der Waals surface area contributed by atoms with Gasteiger partial charge in [-0.25, -0.2) is 9.59 Å². The van der Waals surface area contributed by atoms with Gasteiger partial charge in [0.2, 0.25) is 0 Å². The van der Waals surface area contributed by atoms with Crippen molar-refractivity contribution >= 4 is 51.6 Å². The van der Waals surface area contributed by atoms with E-state index in [0.29, 0.717) is 10.6 Å². The third kappa shape index (κ3) is 5.82. The third-order valence-electron chi connectivity index (χ3n) is 3.18. The highest BCUT2D eigenvalue weighted by Crippen LogP contribution is 2.29. The van der Waals surface area contributed by atoms with E-state index in [9.17, 15) is 14.4 Å². The minimum absolute atomic E-state index is 0.248. The molecule has 0 aromatic carbocycles. The number of hydrogen-bond donors (Lipinski definition) is 1. The SMILES string of the molecule is CCOC(=O)c1cc(CC)sc1NC(=O)COC(=O)/C=C/c1ccsc1. The fraction of sp³-hybridized carbons (Fsp3) is 0.278. The third-order valence-corrected chi connectivity index (χ3v) is 5.08. The summed E-state index contributed by atoms with van der Waals surface area (Å²) >= 11 is 2.82. The molecule has 1 amide bonds. The Hall–Kier alpha value is -2.45. The second kappa shape index (κ2) is 9.88. The summed E-state index contributed by atoms with van der Waals surface area (Å²) in [6.45, 7) is 3.48. The molecule has 0 aliphatic rings. The van der Waals surface area contributed by atoms with Crippen molar-refractivity contribution in [2.24, 2.45) is 0 Å². The van der Waals surface area contributed by atoms with Crippen molar-refractivity contribution < 1.29 is 23.9 Å². The molecule has 0 aliphatic heterocycles. The molecule has 1 N–H and O–H groups in total. The Labute approximate surface area is 159 Å². The maximum Gasteiger partial charge on any atom is 0.341 e. The smallest absolute Gasteiger partial charge is 0.341 e. The normalized spacial score (nSPS) is 10.7. The zero-order chi connectivity index (χ0) is 18.9. The number of anilines is 1. The van der Waals surface area contributed by atoms with Gasteiger partial charge in [-0.3, -0.25) is 4.79 Å². The standard InChI is InChI=1S/C18H19NO5S2/c1-3-13-9-14(18(22)23-4-2)17(26-13)19-15(20)10-24-16(21)6-5-12-7-8-25-11-12/h5-9,11H,3-4,10H2,1-2H3,(H,19,20)/b6-5+. The predicted molar refractivity (Wildman–Crippen MR) is 103 cm³/mol. The molecule has 0 radical (unpaired) electrons. The second-order valence-corrected chi connectivity index (χ2v) is 6.99. The van der Waals surface area contributed by atoms with Gasteiger partial charge in [0.1, 0.15) is 5.00 Å². The molecule has 0 fully saturated rings. The van der Waals surface area contributed by atoms with Crippen LogP contribution in [0, 0.1) is 0 Å². The van der Waals surface area contributed by atoms with Crippen LogP contribution in [0.5, 0.6) is 0 Å². The summed E-state index contributed by atoms with van der Waals surface area (Å²) in [5.41, 5.74) is 1.20. The van der Waals surface area contributed by atoms with Crippen LogP contribution in [0.2, 0.25) is 0 Å². The first-order chi connectivity index (χ1) is 12.5. The van der Waals surface area contributed by atoms with Crippen molar-refractivity contribution in [1.82, 2.24) is 0 Å². The zero-order valence-corrected chi connectivity index (χ0v) is 16.1. The number of carbonyl (C=O) groups is 3. The van der Waals surface area contributed by atoms with E-state index < -0.39 is 24.5 Å². The van der Waals surface area contributed by atoms with Gasteiger partial charge in [0.05, 0.1) is 12.2 Å². The number of hydrogen-bond acceptors (Lipinski definition) is 7. The topological polar surface area (TPSA) is 81.7 Å². The van der Waals surface area contributed by atoms with E-state index in [1.165, 1.54) is 28.7 Å². The highest BCUT2D eigenvalue weighted by Gasteiger charge is 2.19. The molecule has 8 heteroatoms. The average molecular weight is 393 g/mol. The maximum absolute atomic E-state index is 12.0. The number of rotatable bonds is 8. The highest BCUT2D eigenvalue weighted by atomic mass is 32.1. The molecule has 26 heavy (non-hydrogen) atoms. The number of carbonyl (C=O) groups excluding carboxylic acids is 3. The van der Waals surface area contributed by atoms with E-state index >= 15 is 0 Å². The molecule has 2 aromatic rings. The van der Waals surface area contributed by atoms with Crippen LogP contribution in [0.15, 0.2) is 29.0 Å². The lowest BCUT2D eigenvalue weighted by Crippen LogP contribution is -2.20. The van der Waals surface area contributed by atoms with Gasteiger partial charge in [0.15, 0.2) is 6.61 Å². The highest BCUT2D eigenvalue weighted by molar-refractivity contribution is 7.16. The number of aryl methyl sites for hydroxylation is 1. The number of ether oxygens (including phenoxy) is 2. The molecule has 138 valence electrons. The fourth-order valence-corrected chi connectivity index (χ4v) is 3.58. The molecule has 6 nitrogen and oxygen atoms in total. The Morgan fingerprint density at radius 1 is 1.23 bits per heavy atom. The van der Waals surface area contributed by atoms with Crippen LogP contribution in [0.4, 0.5) is 5.00 Å². The summed E-state index contributed by atoms with van der Waals surface area (Å²) in [4.78, 5) is 36.6. The van der Waals surface area contributed by atoms with Gasteiger partial charge >= 0.3 is 11.9 Å². The number of esters is 2. The van der Waals surface area contributed by atoms with E-state index in [2.05, 4.69) is 5.32 Å². The molecule has 0 saturated carbocycles. The van der Waals surface area contributed by atoms with Gasteiger partial charge in [-0.15, -0.1) is 11.3 Å². The van der Waals surface area contributed by atoms with Crippen LogP contribution in [0.25, 0.3) is 6.08 Å². The molecule has 2 heterocycles. The Morgan fingerprint density at radius 3 is 2.69 bits per heavy atom. The lowest BCUT2D eigenvalue weighted by atomic mass is 10.2. The largest absolute Gasteiger partial charge is 0.462 e. The van der Waals surface area contributed by atoms with Crippen LogP contribution >= 0.6 is 22.7 Å². The maximum atomic E-state index is 12.0. The van der Waals surface area contributed by atoms with Crippen molar-refractivity contribution in [3.63, 3.8) is 0 Å². The van der Waals surface area contributed by atoms with Gasteiger partial charge in [-0.2, -0.15) is 11.3 Å². The van der Waals surface area contributed by atoms with E-state index in [1.807, 2.05) is 23.8 Å². The van der Waals surface area contributed by atoms with Gasteiger partial charge in [-0.05, 0) is 47.9 Å². The summed E-state index contributed by atoms with van der Waals surface area (Å²) < 4.78 is 9.91. The van der Waals surface area contributed by atoms with Gasteiger partial charge < -0.3 is 14.8 Å². The van der Waals surface area contributed by atoms with Crippen LogP contribution in [-0.4, -0.2) is 31.1 Å². The molecule has 0 atom stereocenters. The van der Waals surface area contributed by atoms with Crippen LogP contribution in [0.1, 0.15) is 34.6 Å². The molecule has 2 rings (SSSR count). The number of nitrogens with one attached hydrogen (secondary N) is 1. The van der Waals surface area contributed by atoms with E-state index in [4.69, 9.17) is 9.47 Å². The summed E-state index contributed by atoms with van der Waals surface area (Å²) in [6.07, 6.45) is 3.61. The Balaban J connectivity index is 1.91. The van der Waals surface area contributed by atoms with Crippen molar-refractivity contribution in [1.29, 1.82) is 0 Å². The van der Waals surface area contributed by atoms with Crippen molar-refractivity contribution in [2.45, 2.75) is 20.3 Å². The molecule has 0 spiro atoms. The van der Waals surface area contributed by atoms with E-state index in [1.54, 1.807) is 19.1 Å². The predicted octanol–water partition coefficient (Wildman–Crippen LogP) is 3.74. The van der Waals surface area contributed by atoms with E-state index in [0.717, 1.165) is 16.9 Å². The lowest BCUT2D eigenvalue weighted by molar-refractivity contribution is -0.142. The monoisotopic (exact) mass is 393 g/mol. The quantitative estimate of drug-likeness (QED) is 0.546. The second-order valence-electron chi connectivity index (χ2n) is 5.08. The summed E-state index contributed by atoms with van der Waals surface area (Å²) in [7, 11) is 0. The molecule has 2 aromatic heterocycles. The fourth-order valence-electron chi connectivity index (χ4n) is 1.95. The minimum atomic E-state index is -0.614. The molecular weight excluding hydrogens is 374 g/mol. The van der Waals surface area contributed by atoms with Crippen LogP contribution in [0.3, 0.4) is 0 Å². The molecule has 0 unspecified atom stereocenters. The van der Waals surface area contributed by atoms with Gasteiger partial charge in [-0.1, -0.05) is 6.92 Å². The molecular formula is C18H19NO5S2. The van der Waals surface area contributed by atoms with Crippen molar-refractivity contribution in [2.75, 3.05) is 18.5 Å². The first kappa shape index (κ1) is 19.9. The molecule has 0 saturated heterocycles. The van der Waals surface area contributed by atoms with E-state index in [-0.39, 0.29) is 6.61 Å². The van der Waals surface area contributed by atoms with Gasteiger partial charge in [0.25, 0.3) is 5.91 Å².